The van der Waals surface area contributed by atoms with E-state index in [1.165, 1.54) is 18.8 Å². The normalized spacial score (nSPS) is 23.5. The number of hydrogen-bond donors (Lipinski definition) is 2. The number of aliphatic hydroxyl groups is 1. The van der Waals surface area contributed by atoms with Crippen molar-refractivity contribution in [2.45, 2.75) is 94.4 Å². The first-order valence-corrected chi connectivity index (χ1v) is 20.1. The van der Waals surface area contributed by atoms with Gasteiger partial charge in [0.1, 0.15) is 11.6 Å². The first-order valence-electron chi connectivity index (χ1n) is 18.8. The first-order chi connectivity index (χ1) is 25.3. The largest absolute Gasteiger partial charge is 0.383 e. The van der Waals surface area contributed by atoms with E-state index in [9.17, 15) is 19.1 Å². The molecule has 11 nitrogen and oxygen atoms in total. The van der Waals surface area contributed by atoms with Crippen molar-refractivity contribution in [3.63, 3.8) is 0 Å². The third-order valence-electron chi connectivity index (χ3n) is 12.1. The van der Waals surface area contributed by atoms with Crippen molar-refractivity contribution in [1.29, 1.82) is 0 Å². The Balaban J connectivity index is 1.17. The summed E-state index contributed by atoms with van der Waals surface area (Å²) in [5, 5.41) is 13.8. The molecule has 3 fully saturated rings. The van der Waals surface area contributed by atoms with Crippen LogP contribution >= 0.6 is 22.6 Å². The SMILES string of the molecule is CC(C)[C@H](O)C(=O)N1CCC2(CC1)C(=O)N(C1CC(N3CCC(C)(C)C3)C1)c1cc(-c3cc4ncn(C(C)I)c4c(Nc4ccncc4F)n3)ccc12. The maximum atomic E-state index is 14.9. The highest BCUT2D eigenvalue weighted by Gasteiger charge is 2.56. The predicted molar refractivity (Wildman–Crippen MR) is 212 cm³/mol. The van der Waals surface area contributed by atoms with Gasteiger partial charge in [0.2, 0.25) is 5.91 Å². The topological polar surface area (TPSA) is 120 Å². The number of carbonyl (C=O) groups excluding carboxylic acids is 2. The third-order valence-corrected chi connectivity index (χ3v) is 12.7. The number of pyridine rings is 2. The van der Waals surface area contributed by atoms with Crippen LogP contribution < -0.4 is 10.2 Å². The van der Waals surface area contributed by atoms with Crippen molar-refractivity contribution in [2.24, 2.45) is 11.3 Å². The summed E-state index contributed by atoms with van der Waals surface area (Å²) in [6.45, 7) is 13.4. The lowest BCUT2D eigenvalue weighted by Gasteiger charge is -2.46. The molecular weight excluding hydrogens is 786 g/mol. The molecule has 280 valence electrons. The molecule has 2 N–H and O–H groups in total. The van der Waals surface area contributed by atoms with Gasteiger partial charge >= 0.3 is 0 Å². The van der Waals surface area contributed by atoms with Crippen molar-refractivity contribution in [3.05, 3.63) is 60.4 Å². The van der Waals surface area contributed by atoms with E-state index in [1.807, 2.05) is 30.5 Å². The third kappa shape index (κ3) is 6.29. The molecule has 2 saturated heterocycles. The Labute approximate surface area is 323 Å². The number of fused-ring (bicyclic) bond motifs is 3. The average Bonchev–Trinajstić information content (AvgIpc) is 3.77. The van der Waals surface area contributed by atoms with Gasteiger partial charge in [-0.2, -0.15) is 0 Å². The molecule has 0 bridgehead atoms. The second-order valence-corrected chi connectivity index (χ2v) is 18.4. The van der Waals surface area contributed by atoms with Crippen LogP contribution in [0.5, 0.6) is 0 Å². The number of rotatable bonds is 8. The van der Waals surface area contributed by atoms with E-state index in [0.29, 0.717) is 48.9 Å². The fourth-order valence-corrected chi connectivity index (χ4v) is 9.30. The van der Waals surface area contributed by atoms with Crippen molar-refractivity contribution in [3.8, 4) is 11.3 Å². The van der Waals surface area contributed by atoms with Gasteiger partial charge in [-0.25, -0.2) is 14.4 Å². The molecule has 4 aromatic rings. The van der Waals surface area contributed by atoms with E-state index in [1.54, 1.807) is 17.3 Å². The highest BCUT2D eigenvalue weighted by atomic mass is 127. The highest BCUT2D eigenvalue weighted by Crippen LogP contribution is 2.52. The second-order valence-electron chi connectivity index (χ2n) is 16.6. The molecule has 13 heteroatoms. The van der Waals surface area contributed by atoms with Gasteiger partial charge in [-0.05, 0) is 80.7 Å². The number of nitrogens with zero attached hydrogens (tertiary/aromatic N) is 7. The number of halogens is 2. The summed E-state index contributed by atoms with van der Waals surface area (Å²) in [7, 11) is 0. The van der Waals surface area contributed by atoms with Crippen LogP contribution in [0.4, 0.5) is 21.6 Å². The zero-order valence-corrected chi connectivity index (χ0v) is 33.2. The van der Waals surface area contributed by atoms with Crippen molar-refractivity contribution in [1.82, 2.24) is 29.3 Å². The maximum absolute atomic E-state index is 14.9. The van der Waals surface area contributed by atoms with E-state index >= 15 is 0 Å². The molecule has 4 aliphatic rings. The summed E-state index contributed by atoms with van der Waals surface area (Å²) in [4.78, 5) is 48.1. The zero-order valence-electron chi connectivity index (χ0n) is 31.0. The number of amides is 2. The van der Waals surface area contributed by atoms with E-state index in [0.717, 1.165) is 53.8 Å². The molecule has 3 aliphatic heterocycles. The fourth-order valence-electron chi connectivity index (χ4n) is 8.88. The van der Waals surface area contributed by atoms with Gasteiger partial charge in [0.15, 0.2) is 11.6 Å². The van der Waals surface area contributed by atoms with Gasteiger partial charge < -0.3 is 24.8 Å². The van der Waals surface area contributed by atoms with Gasteiger partial charge in [0, 0.05) is 49.2 Å². The second kappa shape index (κ2) is 13.6. The predicted octanol–water partition coefficient (Wildman–Crippen LogP) is 6.82. The van der Waals surface area contributed by atoms with Crippen molar-refractivity contribution >= 4 is 62.6 Å². The molecule has 1 aliphatic carbocycles. The summed E-state index contributed by atoms with van der Waals surface area (Å²) < 4.78 is 16.9. The number of anilines is 3. The number of benzene rings is 1. The average molecular weight is 835 g/mol. The molecule has 2 amide bonds. The molecule has 1 spiro atoms. The number of aliphatic hydroxyl groups excluding tert-OH is 1. The number of nitrogens with one attached hydrogen (secondary N) is 1. The van der Waals surface area contributed by atoms with Crippen LogP contribution in [0, 0.1) is 17.2 Å². The first kappa shape index (κ1) is 36.3. The Morgan fingerprint density at radius 2 is 1.81 bits per heavy atom. The van der Waals surface area contributed by atoms with Crippen molar-refractivity contribution in [2.75, 3.05) is 36.4 Å². The Kier molecular flexibility index (Phi) is 9.28. The number of imidazole rings is 1. The Morgan fingerprint density at radius 1 is 1.06 bits per heavy atom. The van der Waals surface area contributed by atoms with Gasteiger partial charge in [-0.15, -0.1) is 0 Å². The Bertz CT molecular complexity index is 2070. The van der Waals surface area contributed by atoms with E-state index in [2.05, 4.69) is 75.6 Å². The molecule has 53 heavy (non-hydrogen) atoms. The lowest BCUT2D eigenvalue weighted by Crippen LogP contribution is -2.58. The molecular formula is C40H48FIN8O3. The number of aromatic nitrogens is 4. The molecule has 1 unspecified atom stereocenters. The van der Waals surface area contributed by atoms with Crippen LogP contribution in [0.3, 0.4) is 0 Å². The lowest BCUT2D eigenvalue weighted by atomic mass is 9.73. The molecule has 3 aromatic heterocycles. The smallest absolute Gasteiger partial charge is 0.251 e. The zero-order chi connectivity index (χ0) is 37.4. The lowest BCUT2D eigenvalue weighted by molar-refractivity contribution is -0.145. The van der Waals surface area contributed by atoms with E-state index < -0.39 is 17.3 Å². The van der Waals surface area contributed by atoms with Gasteiger partial charge in [-0.1, -0.05) is 62.4 Å². The Morgan fingerprint density at radius 3 is 2.47 bits per heavy atom. The maximum Gasteiger partial charge on any atom is 0.251 e. The number of piperidine rings is 1. The van der Waals surface area contributed by atoms with Crippen LogP contribution in [0.1, 0.15) is 76.3 Å². The minimum absolute atomic E-state index is 0.0668. The summed E-state index contributed by atoms with van der Waals surface area (Å²) in [6, 6.07) is 10.3. The van der Waals surface area contributed by atoms with Gasteiger partial charge in [0.05, 0.1) is 38.9 Å². The summed E-state index contributed by atoms with van der Waals surface area (Å²) >= 11 is 2.32. The number of likely N-dealkylation sites (tertiary alicyclic amines) is 2. The number of hydrogen-bond acceptors (Lipinski definition) is 8. The quantitative estimate of drug-likeness (QED) is 0.147. The highest BCUT2D eigenvalue weighted by molar-refractivity contribution is 14.1. The number of carbonyl (C=O) groups is 2. The number of alkyl halides is 1. The molecule has 2 atom stereocenters. The van der Waals surface area contributed by atoms with Crippen LogP contribution in [-0.4, -0.2) is 90.6 Å². The van der Waals surface area contributed by atoms with Crippen LogP contribution in [-0.2, 0) is 15.0 Å². The minimum atomic E-state index is -1.05. The standard InChI is InChI=1S/C40H48FIN8O3/c1-23(2)35(51)37(52)47-14-10-40(11-15-47)28-7-6-25(16-33(28)50(38(40)53)27-17-26(18-27)48-13-9-39(4,5)21-48)31-19-32-34(49(22-44-32)24(3)42)36(46-31)45-30-8-12-43-20-29(30)41/h6-8,12,16,19-20,22-24,26-27,35,51H,9-11,13-15,17-18,21H2,1-5H3,(H,43,45,46)/t24?,26?,27?,35-/m0/s1. The molecule has 6 heterocycles. The molecule has 0 radical (unpaired) electrons. The summed E-state index contributed by atoms with van der Waals surface area (Å²) in [5.41, 5.74) is 4.70. The van der Waals surface area contributed by atoms with Crippen LogP contribution in [0.25, 0.3) is 22.3 Å². The summed E-state index contributed by atoms with van der Waals surface area (Å²) in [6.07, 6.45) is 7.48. The summed E-state index contributed by atoms with van der Waals surface area (Å²) in [5.74, 6) is -0.342. The molecule has 1 saturated carbocycles. The van der Waals surface area contributed by atoms with E-state index in [4.69, 9.17) is 9.97 Å². The van der Waals surface area contributed by atoms with Gasteiger partial charge in [-0.3, -0.25) is 19.5 Å². The Hall–Kier alpha value is -3.69. The molecule has 1 aromatic carbocycles. The van der Waals surface area contributed by atoms with E-state index in [-0.39, 0.29) is 33.5 Å². The monoisotopic (exact) mass is 834 g/mol. The molecule has 8 rings (SSSR count). The minimum Gasteiger partial charge on any atom is -0.383 e. The fraction of sp³-hybridized carbons (Fsp3) is 0.525. The van der Waals surface area contributed by atoms with Crippen molar-refractivity contribution < 1.29 is 19.1 Å². The van der Waals surface area contributed by atoms with Crippen LogP contribution in [0.2, 0.25) is 0 Å². The van der Waals surface area contributed by atoms with Gasteiger partial charge in [0.25, 0.3) is 5.91 Å². The van der Waals surface area contributed by atoms with Crippen LogP contribution in [0.15, 0.2) is 49.1 Å².